The molecular formula is C16H16FNO. The number of halogens is 1. The second-order valence-corrected chi connectivity index (χ2v) is 5.06. The Balaban J connectivity index is 2.40. The smallest absolute Gasteiger partial charge is 0.172 e. The second-order valence-electron chi connectivity index (χ2n) is 5.06. The van der Waals surface area contributed by atoms with Gasteiger partial charge in [-0.05, 0) is 37.6 Å². The van der Waals surface area contributed by atoms with E-state index in [1.165, 1.54) is 12.1 Å². The van der Waals surface area contributed by atoms with E-state index in [1.807, 2.05) is 44.2 Å². The Kier molecular flexibility index (Phi) is 3.38. The van der Waals surface area contributed by atoms with Crippen LogP contribution in [0.1, 0.15) is 29.8 Å². The van der Waals surface area contributed by atoms with E-state index in [0.717, 1.165) is 5.56 Å². The number of benzene rings is 2. The summed E-state index contributed by atoms with van der Waals surface area (Å²) in [6, 6.07) is 13.6. The molecule has 0 amide bonds. The van der Waals surface area contributed by atoms with Gasteiger partial charge in [0.1, 0.15) is 5.82 Å². The summed E-state index contributed by atoms with van der Waals surface area (Å²) in [6.45, 7) is 3.66. The van der Waals surface area contributed by atoms with Gasteiger partial charge in [0.2, 0.25) is 0 Å². The topological polar surface area (TPSA) is 43.1 Å². The molecular weight excluding hydrogens is 241 g/mol. The SMILES string of the molecule is CC(C)(C(=O)c1ccc(N)c(F)c1)c1ccccc1. The Hall–Kier alpha value is -2.16. The number of nitrogens with two attached hydrogens (primary N) is 1. The van der Waals surface area contributed by atoms with Crippen molar-refractivity contribution in [2.75, 3.05) is 5.73 Å². The number of nitrogen functional groups attached to an aromatic ring is 1. The highest BCUT2D eigenvalue weighted by atomic mass is 19.1. The monoisotopic (exact) mass is 257 g/mol. The molecule has 0 aliphatic rings. The van der Waals surface area contributed by atoms with Crippen LogP contribution in [0, 0.1) is 5.82 Å². The van der Waals surface area contributed by atoms with Crippen molar-refractivity contribution in [2.45, 2.75) is 19.3 Å². The van der Waals surface area contributed by atoms with Gasteiger partial charge in [0.25, 0.3) is 0 Å². The van der Waals surface area contributed by atoms with Gasteiger partial charge in [0, 0.05) is 5.56 Å². The minimum atomic E-state index is -0.705. The highest BCUT2D eigenvalue weighted by Crippen LogP contribution is 2.28. The molecule has 0 heterocycles. The number of rotatable bonds is 3. The van der Waals surface area contributed by atoms with Gasteiger partial charge in [-0.25, -0.2) is 4.39 Å². The lowest BCUT2D eigenvalue weighted by molar-refractivity contribution is 0.0908. The van der Waals surface area contributed by atoms with Crippen LogP contribution in [0.5, 0.6) is 0 Å². The van der Waals surface area contributed by atoms with E-state index >= 15 is 0 Å². The van der Waals surface area contributed by atoms with Gasteiger partial charge in [0.05, 0.1) is 11.1 Å². The zero-order valence-electron chi connectivity index (χ0n) is 11.0. The van der Waals surface area contributed by atoms with E-state index in [9.17, 15) is 9.18 Å². The summed E-state index contributed by atoms with van der Waals surface area (Å²) in [5.74, 6) is -0.688. The van der Waals surface area contributed by atoms with E-state index in [1.54, 1.807) is 6.07 Å². The summed E-state index contributed by atoms with van der Waals surface area (Å²) in [4.78, 5) is 12.5. The first-order valence-corrected chi connectivity index (χ1v) is 6.08. The standard InChI is InChI=1S/C16H16FNO/c1-16(2,12-6-4-3-5-7-12)15(19)11-8-9-14(18)13(17)10-11/h3-10H,18H2,1-2H3. The third-order valence-electron chi connectivity index (χ3n) is 3.33. The molecule has 98 valence electrons. The zero-order chi connectivity index (χ0) is 14.0. The fraction of sp³-hybridized carbons (Fsp3) is 0.188. The molecule has 0 radical (unpaired) electrons. The van der Waals surface area contributed by atoms with Gasteiger partial charge in [0.15, 0.2) is 5.78 Å². The van der Waals surface area contributed by atoms with Crippen molar-refractivity contribution in [3.63, 3.8) is 0 Å². The summed E-state index contributed by atoms with van der Waals surface area (Å²) < 4.78 is 13.5. The van der Waals surface area contributed by atoms with Crippen LogP contribution < -0.4 is 5.73 Å². The van der Waals surface area contributed by atoms with E-state index in [2.05, 4.69) is 0 Å². The zero-order valence-corrected chi connectivity index (χ0v) is 11.0. The molecule has 2 aromatic rings. The maximum absolute atomic E-state index is 13.5. The number of anilines is 1. The van der Waals surface area contributed by atoms with E-state index in [0.29, 0.717) is 5.56 Å². The first kappa shape index (κ1) is 13.3. The first-order valence-electron chi connectivity index (χ1n) is 6.08. The first-order chi connectivity index (χ1) is 8.93. The number of carbonyl (C=O) groups excluding carboxylic acids is 1. The predicted molar refractivity (Wildman–Crippen MR) is 74.6 cm³/mol. The van der Waals surface area contributed by atoms with Gasteiger partial charge < -0.3 is 5.73 Å². The van der Waals surface area contributed by atoms with Gasteiger partial charge in [-0.15, -0.1) is 0 Å². The molecule has 3 heteroatoms. The molecule has 0 atom stereocenters. The van der Waals surface area contributed by atoms with Crippen molar-refractivity contribution in [1.29, 1.82) is 0 Å². The van der Waals surface area contributed by atoms with Gasteiger partial charge >= 0.3 is 0 Å². The lowest BCUT2D eigenvalue weighted by atomic mass is 9.78. The van der Waals surface area contributed by atoms with Crippen molar-refractivity contribution >= 4 is 11.5 Å². The Labute approximate surface area is 112 Å². The molecule has 0 unspecified atom stereocenters. The Morgan fingerprint density at radius 1 is 1.11 bits per heavy atom. The van der Waals surface area contributed by atoms with Crippen molar-refractivity contribution in [2.24, 2.45) is 0 Å². The van der Waals surface area contributed by atoms with Crippen LogP contribution in [0.15, 0.2) is 48.5 Å². The third kappa shape index (κ3) is 2.50. The number of ketones is 1. The molecule has 0 saturated heterocycles. The predicted octanol–water partition coefficient (Wildman–Crippen LogP) is 3.57. The summed E-state index contributed by atoms with van der Waals surface area (Å²) in [6.07, 6.45) is 0. The molecule has 2 rings (SSSR count). The molecule has 19 heavy (non-hydrogen) atoms. The summed E-state index contributed by atoms with van der Waals surface area (Å²) in [5, 5.41) is 0. The maximum atomic E-state index is 13.5. The number of hydrogen-bond donors (Lipinski definition) is 1. The molecule has 0 aliphatic carbocycles. The highest BCUT2D eigenvalue weighted by molar-refractivity contribution is 6.03. The van der Waals surface area contributed by atoms with E-state index < -0.39 is 11.2 Å². The average molecular weight is 257 g/mol. The Bertz CT molecular complexity index is 605. The Morgan fingerprint density at radius 3 is 2.32 bits per heavy atom. The molecule has 0 fully saturated rings. The molecule has 2 nitrogen and oxygen atoms in total. The van der Waals surface area contributed by atoms with E-state index in [4.69, 9.17) is 5.73 Å². The lowest BCUT2D eigenvalue weighted by Gasteiger charge is -2.23. The normalized spacial score (nSPS) is 11.3. The van der Waals surface area contributed by atoms with Gasteiger partial charge in [-0.2, -0.15) is 0 Å². The molecule has 0 saturated carbocycles. The minimum Gasteiger partial charge on any atom is -0.396 e. The van der Waals surface area contributed by atoms with E-state index in [-0.39, 0.29) is 11.5 Å². The van der Waals surface area contributed by atoms with Crippen LogP contribution >= 0.6 is 0 Å². The third-order valence-corrected chi connectivity index (χ3v) is 3.33. The summed E-state index contributed by atoms with van der Waals surface area (Å²) >= 11 is 0. The highest BCUT2D eigenvalue weighted by Gasteiger charge is 2.30. The second kappa shape index (κ2) is 4.84. The fourth-order valence-corrected chi connectivity index (χ4v) is 2.02. The van der Waals surface area contributed by atoms with Crippen LogP contribution in [0.25, 0.3) is 0 Å². The van der Waals surface area contributed by atoms with Crippen molar-refractivity contribution < 1.29 is 9.18 Å². The number of hydrogen-bond acceptors (Lipinski definition) is 2. The van der Waals surface area contributed by atoms with Crippen molar-refractivity contribution in [3.05, 3.63) is 65.5 Å². The van der Waals surface area contributed by atoms with Crippen LogP contribution in [-0.2, 0) is 5.41 Å². The molecule has 2 N–H and O–H groups in total. The van der Waals surface area contributed by atoms with Crippen LogP contribution in [-0.4, -0.2) is 5.78 Å². The number of carbonyl (C=O) groups is 1. The van der Waals surface area contributed by atoms with Crippen molar-refractivity contribution in [1.82, 2.24) is 0 Å². The van der Waals surface area contributed by atoms with Crippen LogP contribution in [0.3, 0.4) is 0 Å². The van der Waals surface area contributed by atoms with Gasteiger partial charge in [-0.1, -0.05) is 30.3 Å². The minimum absolute atomic E-state index is 0.0501. The average Bonchev–Trinajstić information content (AvgIpc) is 2.42. The fourth-order valence-electron chi connectivity index (χ4n) is 2.02. The largest absolute Gasteiger partial charge is 0.396 e. The van der Waals surface area contributed by atoms with Crippen LogP contribution in [0.2, 0.25) is 0 Å². The van der Waals surface area contributed by atoms with Gasteiger partial charge in [-0.3, -0.25) is 4.79 Å². The molecule has 0 bridgehead atoms. The molecule has 2 aromatic carbocycles. The molecule has 0 aliphatic heterocycles. The summed E-state index contributed by atoms with van der Waals surface area (Å²) in [7, 11) is 0. The van der Waals surface area contributed by atoms with Crippen LogP contribution in [0.4, 0.5) is 10.1 Å². The molecule has 0 spiro atoms. The Morgan fingerprint density at radius 2 is 1.74 bits per heavy atom. The van der Waals surface area contributed by atoms with Crippen molar-refractivity contribution in [3.8, 4) is 0 Å². The summed E-state index contributed by atoms with van der Waals surface area (Å²) in [5.41, 5.74) is 6.00. The maximum Gasteiger partial charge on any atom is 0.172 e. The number of Topliss-reactive ketones (excluding diaryl/α,β-unsaturated/α-hetero) is 1. The quantitative estimate of drug-likeness (QED) is 0.674. The lowest BCUT2D eigenvalue weighted by Crippen LogP contribution is -2.29. The molecule has 0 aromatic heterocycles.